The molecule has 2 aromatic rings. The van der Waals surface area contributed by atoms with Crippen molar-refractivity contribution >= 4 is 17.7 Å². The normalized spacial score (nSPS) is 18.7. The van der Waals surface area contributed by atoms with Crippen LogP contribution in [0.4, 0.5) is 4.39 Å². The highest BCUT2D eigenvalue weighted by atomic mass is 32.2. The lowest BCUT2D eigenvalue weighted by atomic mass is 9.97. The third-order valence-corrected chi connectivity index (χ3v) is 6.68. The van der Waals surface area contributed by atoms with E-state index in [1.807, 2.05) is 4.57 Å². The topological polar surface area (TPSA) is 69.0 Å². The van der Waals surface area contributed by atoms with Gasteiger partial charge in [0.15, 0.2) is 11.0 Å². The van der Waals surface area contributed by atoms with E-state index in [2.05, 4.69) is 21.6 Å². The van der Waals surface area contributed by atoms with Crippen molar-refractivity contribution in [2.45, 2.75) is 62.8 Å². The number of amides is 1. The molecule has 1 aromatic heterocycles. The molecule has 8 heteroatoms. The van der Waals surface area contributed by atoms with Crippen LogP contribution >= 0.6 is 11.8 Å². The molecule has 0 saturated carbocycles. The highest BCUT2D eigenvalue weighted by molar-refractivity contribution is 7.99. The second-order valence-electron chi connectivity index (χ2n) is 8.06. The van der Waals surface area contributed by atoms with Gasteiger partial charge in [0.25, 0.3) is 0 Å². The molecule has 1 aliphatic heterocycles. The third kappa shape index (κ3) is 6.17. The molecule has 2 aliphatic rings. The predicted molar refractivity (Wildman–Crippen MR) is 119 cm³/mol. The van der Waals surface area contributed by atoms with E-state index in [-0.39, 0.29) is 23.6 Å². The van der Waals surface area contributed by atoms with Gasteiger partial charge in [0.05, 0.1) is 18.4 Å². The van der Waals surface area contributed by atoms with Gasteiger partial charge in [-0.05, 0) is 69.2 Å². The van der Waals surface area contributed by atoms with Gasteiger partial charge >= 0.3 is 0 Å². The van der Waals surface area contributed by atoms with E-state index >= 15 is 0 Å². The summed E-state index contributed by atoms with van der Waals surface area (Å²) in [6.07, 6.45) is 10.2. The Hall–Kier alpha value is -2.19. The van der Waals surface area contributed by atoms with E-state index in [0.717, 1.165) is 44.3 Å². The minimum Gasteiger partial charge on any atom is -0.376 e. The quantitative estimate of drug-likeness (QED) is 0.460. The van der Waals surface area contributed by atoms with Crippen molar-refractivity contribution in [3.8, 4) is 11.4 Å². The molecule has 1 unspecified atom stereocenters. The number of carbonyl (C=O) groups excluding carboxylic acids is 1. The zero-order valence-corrected chi connectivity index (χ0v) is 18.5. The van der Waals surface area contributed by atoms with Crippen molar-refractivity contribution in [1.82, 2.24) is 20.1 Å². The molecule has 1 N–H and O–H groups in total. The summed E-state index contributed by atoms with van der Waals surface area (Å²) in [6.45, 7) is 2.06. The number of hydrogen-bond acceptors (Lipinski definition) is 5. The molecule has 4 rings (SSSR count). The Balaban J connectivity index is 1.37. The number of benzene rings is 1. The van der Waals surface area contributed by atoms with Gasteiger partial charge in [-0.2, -0.15) is 0 Å². The highest BCUT2D eigenvalue weighted by Crippen LogP contribution is 2.27. The van der Waals surface area contributed by atoms with Crippen molar-refractivity contribution in [2.75, 3.05) is 18.9 Å². The predicted octanol–water partition coefficient (Wildman–Crippen LogP) is 4.36. The number of halogens is 1. The summed E-state index contributed by atoms with van der Waals surface area (Å²) in [7, 11) is 0. The molecular formula is C23H29FN4O2S. The lowest BCUT2D eigenvalue weighted by Gasteiger charge is -2.15. The first-order chi connectivity index (χ1) is 15.2. The van der Waals surface area contributed by atoms with Gasteiger partial charge in [-0.1, -0.05) is 23.4 Å². The molecule has 166 valence electrons. The van der Waals surface area contributed by atoms with Crippen molar-refractivity contribution < 1.29 is 13.9 Å². The van der Waals surface area contributed by atoms with Gasteiger partial charge in [0.1, 0.15) is 5.82 Å². The molecular weight excluding hydrogens is 415 g/mol. The van der Waals surface area contributed by atoms with Crippen LogP contribution in [-0.2, 0) is 16.1 Å². The molecule has 1 fully saturated rings. The molecule has 0 spiro atoms. The minimum absolute atomic E-state index is 0.00333. The smallest absolute Gasteiger partial charge is 0.230 e. The SMILES string of the molecule is O=C(CSc1nnc(-c2ccc(F)cc2)n1CC1CCCO1)NCCC1=CCCCC1. The molecule has 1 atom stereocenters. The lowest BCUT2D eigenvalue weighted by Crippen LogP contribution is -2.26. The molecule has 1 amide bonds. The number of ether oxygens (including phenoxy) is 1. The van der Waals surface area contributed by atoms with Gasteiger partial charge in [-0.25, -0.2) is 4.39 Å². The molecule has 2 heterocycles. The number of rotatable bonds is 9. The standard InChI is InChI=1S/C23H29FN4O2S/c24-19-10-8-18(9-11-19)22-26-27-23(28(22)15-20-7-4-14-30-20)31-16-21(29)25-13-12-17-5-2-1-3-6-17/h5,8-11,20H,1-4,6-7,12-16H2,(H,25,29). The number of allylic oxidation sites excluding steroid dienone is 1. The zero-order chi connectivity index (χ0) is 21.5. The van der Waals surface area contributed by atoms with Crippen LogP contribution in [0.15, 0.2) is 41.1 Å². The maximum Gasteiger partial charge on any atom is 0.230 e. The van der Waals surface area contributed by atoms with Crippen LogP contribution in [0.1, 0.15) is 44.9 Å². The zero-order valence-electron chi connectivity index (χ0n) is 17.7. The van der Waals surface area contributed by atoms with Crippen LogP contribution in [0.5, 0.6) is 0 Å². The Bertz CT molecular complexity index is 907. The van der Waals surface area contributed by atoms with Crippen LogP contribution in [-0.4, -0.2) is 45.7 Å². The second kappa shape index (κ2) is 10.9. The van der Waals surface area contributed by atoms with Crippen molar-refractivity contribution in [1.29, 1.82) is 0 Å². The first-order valence-corrected chi connectivity index (χ1v) is 12.1. The van der Waals surface area contributed by atoms with E-state index in [1.165, 1.54) is 42.3 Å². The maximum absolute atomic E-state index is 13.4. The van der Waals surface area contributed by atoms with Gasteiger partial charge in [-0.3, -0.25) is 9.36 Å². The Morgan fingerprint density at radius 2 is 2.10 bits per heavy atom. The fraction of sp³-hybridized carbons (Fsp3) is 0.522. The molecule has 1 saturated heterocycles. The first kappa shape index (κ1) is 22.0. The second-order valence-corrected chi connectivity index (χ2v) is 9.00. The Morgan fingerprint density at radius 3 is 2.84 bits per heavy atom. The number of carbonyl (C=O) groups is 1. The maximum atomic E-state index is 13.4. The molecule has 1 aromatic carbocycles. The van der Waals surface area contributed by atoms with E-state index in [4.69, 9.17) is 4.74 Å². The summed E-state index contributed by atoms with van der Waals surface area (Å²) < 4.78 is 21.1. The molecule has 31 heavy (non-hydrogen) atoms. The van der Waals surface area contributed by atoms with Crippen LogP contribution in [0.2, 0.25) is 0 Å². The summed E-state index contributed by atoms with van der Waals surface area (Å²) in [5, 5.41) is 12.3. The number of nitrogens with zero attached hydrogens (tertiary/aromatic N) is 3. The summed E-state index contributed by atoms with van der Waals surface area (Å²) in [4.78, 5) is 12.4. The van der Waals surface area contributed by atoms with Crippen LogP contribution < -0.4 is 5.32 Å². The Morgan fingerprint density at radius 1 is 1.23 bits per heavy atom. The van der Waals surface area contributed by atoms with Gasteiger partial charge < -0.3 is 10.1 Å². The summed E-state index contributed by atoms with van der Waals surface area (Å²) in [5.74, 6) is 0.662. The molecule has 1 aliphatic carbocycles. The van der Waals surface area contributed by atoms with E-state index in [0.29, 0.717) is 24.1 Å². The van der Waals surface area contributed by atoms with Gasteiger partial charge in [0, 0.05) is 18.7 Å². The van der Waals surface area contributed by atoms with E-state index in [1.54, 1.807) is 12.1 Å². The van der Waals surface area contributed by atoms with E-state index in [9.17, 15) is 9.18 Å². The number of nitrogens with one attached hydrogen (secondary N) is 1. The number of hydrogen-bond donors (Lipinski definition) is 1. The molecule has 6 nitrogen and oxygen atoms in total. The lowest BCUT2D eigenvalue weighted by molar-refractivity contribution is -0.118. The van der Waals surface area contributed by atoms with Crippen LogP contribution in [0, 0.1) is 5.82 Å². The average Bonchev–Trinajstić information content (AvgIpc) is 3.44. The summed E-state index contributed by atoms with van der Waals surface area (Å²) in [5.41, 5.74) is 2.25. The van der Waals surface area contributed by atoms with E-state index < -0.39 is 0 Å². The first-order valence-electron chi connectivity index (χ1n) is 11.1. The van der Waals surface area contributed by atoms with Gasteiger partial charge in [-0.15, -0.1) is 10.2 Å². The van der Waals surface area contributed by atoms with Gasteiger partial charge in [0.2, 0.25) is 5.91 Å². The van der Waals surface area contributed by atoms with Crippen molar-refractivity contribution in [3.63, 3.8) is 0 Å². The number of thioether (sulfide) groups is 1. The molecule has 0 bridgehead atoms. The minimum atomic E-state index is -0.288. The summed E-state index contributed by atoms with van der Waals surface area (Å²) in [6, 6.07) is 6.24. The monoisotopic (exact) mass is 444 g/mol. The Labute approximate surface area is 186 Å². The third-order valence-electron chi connectivity index (χ3n) is 5.72. The Kier molecular flexibility index (Phi) is 7.75. The fourth-order valence-electron chi connectivity index (χ4n) is 4.04. The average molecular weight is 445 g/mol. The van der Waals surface area contributed by atoms with Crippen LogP contribution in [0.3, 0.4) is 0 Å². The van der Waals surface area contributed by atoms with Crippen molar-refractivity contribution in [3.05, 3.63) is 41.7 Å². The summed E-state index contributed by atoms with van der Waals surface area (Å²) >= 11 is 1.38. The number of aromatic nitrogens is 3. The van der Waals surface area contributed by atoms with Crippen LogP contribution in [0.25, 0.3) is 11.4 Å². The van der Waals surface area contributed by atoms with Crippen molar-refractivity contribution in [2.24, 2.45) is 0 Å². The highest BCUT2D eigenvalue weighted by Gasteiger charge is 2.22. The largest absolute Gasteiger partial charge is 0.376 e. The molecule has 0 radical (unpaired) electrons. The fourth-order valence-corrected chi connectivity index (χ4v) is 4.82.